The van der Waals surface area contributed by atoms with Crippen molar-refractivity contribution < 1.29 is 13.2 Å². The van der Waals surface area contributed by atoms with E-state index >= 15 is 0 Å². The fourth-order valence-electron chi connectivity index (χ4n) is 2.14. The minimum atomic E-state index is -3.61. The van der Waals surface area contributed by atoms with Gasteiger partial charge < -0.3 is 0 Å². The summed E-state index contributed by atoms with van der Waals surface area (Å²) < 4.78 is 26.0. The van der Waals surface area contributed by atoms with Gasteiger partial charge in [0.1, 0.15) is 6.54 Å². The zero-order valence-electron chi connectivity index (χ0n) is 13.8. The molecule has 0 radical (unpaired) electrons. The molecule has 0 bridgehead atoms. The molecule has 0 spiro atoms. The van der Waals surface area contributed by atoms with Gasteiger partial charge in [-0.2, -0.15) is 5.10 Å². The number of sulfonamides is 1. The number of hydrazone groups is 1. The van der Waals surface area contributed by atoms with Gasteiger partial charge in [0.25, 0.3) is 5.91 Å². The van der Waals surface area contributed by atoms with E-state index in [1.54, 1.807) is 31.2 Å². The van der Waals surface area contributed by atoms with Gasteiger partial charge in [0.05, 0.1) is 18.2 Å². The van der Waals surface area contributed by atoms with E-state index in [1.807, 2.05) is 24.3 Å². The summed E-state index contributed by atoms with van der Waals surface area (Å²) in [4.78, 5) is 12.1. The van der Waals surface area contributed by atoms with E-state index in [1.165, 1.54) is 6.21 Å². The average Bonchev–Trinajstić information content (AvgIpc) is 2.54. The summed E-state index contributed by atoms with van der Waals surface area (Å²) in [5, 5.41) is 3.88. The van der Waals surface area contributed by atoms with Crippen molar-refractivity contribution in [2.75, 3.05) is 17.1 Å². The van der Waals surface area contributed by atoms with E-state index < -0.39 is 15.9 Å². The third kappa shape index (κ3) is 5.40. The molecule has 1 N–H and O–H groups in total. The minimum absolute atomic E-state index is 0.350. The lowest BCUT2D eigenvalue weighted by Gasteiger charge is -2.23. The van der Waals surface area contributed by atoms with Crippen LogP contribution < -0.4 is 9.73 Å². The average molecular weight is 424 g/mol. The van der Waals surface area contributed by atoms with Crippen LogP contribution in [0.15, 0.2) is 58.1 Å². The summed E-state index contributed by atoms with van der Waals surface area (Å²) in [6.45, 7) is 1.44. The van der Waals surface area contributed by atoms with Crippen molar-refractivity contribution in [2.24, 2.45) is 5.10 Å². The van der Waals surface area contributed by atoms with Crippen molar-refractivity contribution in [3.63, 3.8) is 0 Å². The molecule has 1 amide bonds. The highest BCUT2D eigenvalue weighted by atomic mass is 79.9. The second-order valence-electron chi connectivity index (χ2n) is 5.37. The number of hydrogen-bond donors (Lipinski definition) is 1. The number of aryl methyl sites for hydroxylation is 1. The molecule has 0 unspecified atom stereocenters. The Labute approximate surface area is 155 Å². The first-order valence-electron chi connectivity index (χ1n) is 7.39. The van der Waals surface area contributed by atoms with E-state index in [0.717, 1.165) is 26.2 Å². The molecule has 132 valence electrons. The molecule has 2 rings (SSSR count). The second-order valence-corrected chi connectivity index (χ2v) is 8.13. The fraction of sp³-hybridized carbons (Fsp3) is 0.176. The summed E-state index contributed by atoms with van der Waals surface area (Å²) >= 11 is 3.38. The molecule has 0 aliphatic carbocycles. The first kappa shape index (κ1) is 19.1. The molecule has 0 heterocycles. The van der Waals surface area contributed by atoms with Gasteiger partial charge in [-0.05, 0) is 24.6 Å². The van der Waals surface area contributed by atoms with Crippen LogP contribution >= 0.6 is 15.9 Å². The Morgan fingerprint density at radius 1 is 1.20 bits per heavy atom. The van der Waals surface area contributed by atoms with Crippen LogP contribution in [0, 0.1) is 6.92 Å². The highest BCUT2D eigenvalue weighted by Crippen LogP contribution is 2.21. The number of amides is 1. The van der Waals surface area contributed by atoms with Gasteiger partial charge in [-0.3, -0.25) is 9.10 Å². The second kappa shape index (κ2) is 8.26. The molecule has 0 aliphatic rings. The van der Waals surface area contributed by atoms with Gasteiger partial charge >= 0.3 is 0 Å². The number of nitrogens with one attached hydrogen (secondary N) is 1. The molecule has 0 saturated carbocycles. The fourth-order valence-corrected chi connectivity index (χ4v) is 3.44. The van der Waals surface area contributed by atoms with Gasteiger partial charge in [0.15, 0.2) is 0 Å². The van der Waals surface area contributed by atoms with E-state index in [2.05, 4.69) is 26.5 Å². The van der Waals surface area contributed by atoms with Crippen LogP contribution in [0.4, 0.5) is 5.69 Å². The van der Waals surface area contributed by atoms with E-state index in [-0.39, 0.29) is 6.54 Å². The molecule has 0 atom stereocenters. The zero-order chi connectivity index (χ0) is 18.4. The topological polar surface area (TPSA) is 78.8 Å². The van der Waals surface area contributed by atoms with E-state index in [9.17, 15) is 13.2 Å². The number of halogens is 1. The number of benzene rings is 2. The number of para-hydroxylation sites is 1. The van der Waals surface area contributed by atoms with Crippen LogP contribution in [-0.4, -0.2) is 33.3 Å². The lowest BCUT2D eigenvalue weighted by atomic mass is 10.2. The van der Waals surface area contributed by atoms with Crippen molar-refractivity contribution in [1.29, 1.82) is 0 Å². The molecule has 2 aromatic carbocycles. The number of carbonyl (C=O) groups is 1. The van der Waals surface area contributed by atoms with Crippen molar-refractivity contribution in [3.05, 3.63) is 64.1 Å². The largest absolute Gasteiger partial charge is 0.271 e. The summed E-state index contributed by atoms with van der Waals surface area (Å²) in [5.74, 6) is -0.531. The van der Waals surface area contributed by atoms with Gasteiger partial charge in [-0.15, -0.1) is 0 Å². The Morgan fingerprint density at radius 3 is 2.48 bits per heavy atom. The number of carbonyl (C=O) groups excluding carboxylic acids is 1. The Morgan fingerprint density at radius 2 is 1.84 bits per heavy atom. The molecule has 0 saturated heterocycles. The maximum absolute atomic E-state index is 12.1. The maximum Gasteiger partial charge on any atom is 0.260 e. The standard InChI is InChI=1S/C17H18BrN3O3S/c1-13-7-3-6-10-16(13)21(25(2,23)24)12-17(22)20-19-11-14-8-4-5-9-15(14)18/h3-11H,12H2,1-2H3,(H,20,22)/b19-11-. The predicted octanol–water partition coefficient (Wildman–Crippen LogP) is 2.67. The van der Waals surface area contributed by atoms with Gasteiger partial charge in [0, 0.05) is 10.0 Å². The van der Waals surface area contributed by atoms with Crippen LogP contribution in [0.2, 0.25) is 0 Å². The molecule has 0 fully saturated rings. The smallest absolute Gasteiger partial charge is 0.260 e. The third-order valence-corrected chi connectivity index (χ3v) is 5.22. The van der Waals surface area contributed by atoms with Gasteiger partial charge in [-0.25, -0.2) is 13.8 Å². The number of anilines is 1. The summed E-state index contributed by atoms with van der Waals surface area (Å²) in [5.41, 5.74) is 4.38. The van der Waals surface area contributed by atoms with Crippen LogP contribution in [0.5, 0.6) is 0 Å². The lowest BCUT2D eigenvalue weighted by molar-refractivity contribution is -0.119. The Hall–Kier alpha value is -2.19. The first-order valence-corrected chi connectivity index (χ1v) is 10.0. The van der Waals surface area contributed by atoms with Gasteiger partial charge in [-0.1, -0.05) is 52.3 Å². The quantitative estimate of drug-likeness (QED) is 0.572. The van der Waals surface area contributed by atoms with Crippen molar-refractivity contribution in [3.8, 4) is 0 Å². The Kier molecular flexibility index (Phi) is 6.33. The summed E-state index contributed by atoms with van der Waals surface area (Å²) in [6.07, 6.45) is 2.55. The lowest BCUT2D eigenvalue weighted by Crippen LogP contribution is -2.39. The van der Waals surface area contributed by atoms with E-state index in [0.29, 0.717) is 5.69 Å². The van der Waals surface area contributed by atoms with Crippen LogP contribution in [-0.2, 0) is 14.8 Å². The molecule has 25 heavy (non-hydrogen) atoms. The highest BCUT2D eigenvalue weighted by Gasteiger charge is 2.21. The monoisotopic (exact) mass is 423 g/mol. The third-order valence-electron chi connectivity index (χ3n) is 3.37. The zero-order valence-corrected chi connectivity index (χ0v) is 16.2. The van der Waals surface area contributed by atoms with E-state index in [4.69, 9.17) is 0 Å². The summed E-state index contributed by atoms with van der Waals surface area (Å²) in [7, 11) is -3.61. The van der Waals surface area contributed by atoms with Crippen molar-refractivity contribution in [1.82, 2.24) is 5.43 Å². The van der Waals surface area contributed by atoms with Crippen LogP contribution in [0.3, 0.4) is 0 Å². The number of hydrogen-bond acceptors (Lipinski definition) is 4. The van der Waals surface area contributed by atoms with Crippen molar-refractivity contribution >= 4 is 43.8 Å². The Bertz CT molecular complexity index is 898. The first-order chi connectivity index (χ1) is 11.8. The molecule has 0 aromatic heterocycles. The molecule has 8 heteroatoms. The number of rotatable bonds is 6. The van der Waals surface area contributed by atoms with Crippen LogP contribution in [0.25, 0.3) is 0 Å². The molecule has 6 nitrogen and oxygen atoms in total. The molecular weight excluding hydrogens is 406 g/mol. The Balaban J connectivity index is 2.11. The minimum Gasteiger partial charge on any atom is -0.271 e. The molecular formula is C17H18BrN3O3S. The van der Waals surface area contributed by atoms with Crippen LogP contribution in [0.1, 0.15) is 11.1 Å². The van der Waals surface area contributed by atoms with Gasteiger partial charge in [0.2, 0.25) is 10.0 Å². The summed E-state index contributed by atoms with van der Waals surface area (Å²) in [6, 6.07) is 14.4. The maximum atomic E-state index is 12.1. The molecule has 0 aliphatic heterocycles. The number of nitrogens with zero attached hydrogens (tertiary/aromatic N) is 2. The highest BCUT2D eigenvalue weighted by molar-refractivity contribution is 9.10. The normalized spacial score (nSPS) is 11.5. The predicted molar refractivity (Wildman–Crippen MR) is 103 cm³/mol. The molecule has 2 aromatic rings. The SMILES string of the molecule is Cc1ccccc1N(CC(=O)N/N=C\c1ccccc1Br)S(C)(=O)=O. The van der Waals surface area contributed by atoms with Crippen molar-refractivity contribution in [2.45, 2.75) is 6.92 Å².